The van der Waals surface area contributed by atoms with Crippen LogP contribution in [0.3, 0.4) is 0 Å². The molecule has 0 aromatic heterocycles. The van der Waals surface area contributed by atoms with Gasteiger partial charge in [-0.1, -0.05) is 26.8 Å². The smallest absolute Gasteiger partial charge is 0.119 e. The third-order valence-corrected chi connectivity index (χ3v) is 3.72. The Kier molecular flexibility index (Phi) is 4.28. The average Bonchev–Trinajstić information content (AvgIpc) is 2.76. The van der Waals surface area contributed by atoms with Gasteiger partial charge in [-0.2, -0.15) is 0 Å². The van der Waals surface area contributed by atoms with Crippen LogP contribution in [0.15, 0.2) is 18.2 Å². The predicted octanol–water partition coefficient (Wildman–Crippen LogP) is 3.88. The van der Waals surface area contributed by atoms with Gasteiger partial charge in [0, 0.05) is 6.04 Å². The van der Waals surface area contributed by atoms with Crippen molar-refractivity contribution in [1.82, 2.24) is 5.32 Å². The van der Waals surface area contributed by atoms with Gasteiger partial charge in [0.15, 0.2) is 0 Å². The molecule has 2 unspecified atom stereocenters. The van der Waals surface area contributed by atoms with E-state index >= 15 is 0 Å². The lowest BCUT2D eigenvalue weighted by Gasteiger charge is -2.19. The Bertz CT molecular complexity index is 400. The van der Waals surface area contributed by atoms with E-state index < -0.39 is 0 Å². The van der Waals surface area contributed by atoms with Crippen molar-refractivity contribution in [2.24, 2.45) is 5.92 Å². The lowest BCUT2D eigenvalue weighted by atomic mass is 9.91. The number of hydrogen-bond acceptors (Lipinski definition) is 2. The summed E-state index contributed by atoms with van der Waals surface area (Å²) in [5.41, 5.74) is 2.88. The van der Waals surface area contributed by atoms with Crippen molar-refractivity contribution >= 4 is 0 Å². The maximum atomic E-state index is 5.62. The largest absolute Gasteiger partial charge is 0.494 e. The lowest BCUT2D eigenvalue weighted by molar-refractivity contribution is 0.339. The van der Waals surface area contributed by atoms with Gasteiger partial charge in [0.1, 0.15) is 5.75 Å². The molecule has 1 aliphatic heterocycles. The Morgan fingerprint density at radius 1 is 1.39 bits per heavy atom. The second-order valence-electron chi connectivity index (χ2n) is 5.68. The molecule has 1 aromatic carbocycles. The van der Waals surface area contributed by atoms with Crippen molar-refractivity contribution in [2.45, 2.75) is 46.1 Å². The zero-order valence-corrected chi connectivity index (χ0v) is 12.0. The van der Waals surface area contributed by atoms with Crippen LogP contribution in [0.2, 0.25) is 0 Å². The molecule has 0 spiro atoms. The molecule has 0 amide bonds. The van der Waals surface area contributed by atoms with Crippen molar-refractivity contribution in [1.29, 1.82) is 0 Å². The number of hydrogen-bond donors (Lipinski definition) is 1. The Balaban J connectivity index is 2.28. The summed E-state index contributed by atoms with van der Waals surface area (Å²) in [6.45, 7) is 10.7. The molecule has 2 nitrogen and oxygen atoms in total. The average molecular weight is 247 g/mol. The van der Waals surface area contributed by atoms with Gasteiger partial charge in [-0.3, -0.25) is 0 Å². The summed E-state index contributed by atoms with van der Waals surface area (Å²) in [4.78, 5) is 0. The third-order valence-electron chi connectivity index (χ3n) is 3.72. The summed E-state index contributed by atoms with van der Waals surface area (Å²) >= 11 is 0. The van der Waals surface area contributed by atoms with Crippen molar-refractivity contribution in [3.05, 3.63) is 29.3 Å². The van der Waals surface area contributed by atoms with E-state index in [-0.39, 0.29) is 0 Å². The molecular formula is C16H25NO. The van der Waals surface area contributed by atoms with Crippen LogP contribution in [0.5, 0.6) is 5.75 Å². The van der Waals surface area contributed by atoms with Gasteiger partial charge in [-0.25, -0.2) is 0 Å². The Hall–Kier alpha value is -1.02. The summed E-state index contributed by atoms with van der Waals surface area (Å²) in [6, 6.07) is 7.09. The maximum absolute atomic E-state index is 5.62. The van der Waals surface area contributed by atoms with E-state index in [1.807, 2.05) is 6.92 Å². The van der Waals surface area contributed by atoms with Crippen LogP contribution in [0, 0.1) is 5.92 Å². The van der Waals surface area contributed by atoms with Gasteiger partial charge < -0.3 is 10.1 Å². The fourth-order valence-corrected chi connectivity index (χ4v) is 2.78. The number of ether oxygens (including phenoxy) is 1. The molecule has 1 N–H and O–H groups in total. The van der Waals surface area contributed by atoms with Crippen LogP contribution in [-0.4, -0.2) is 13.2 Å². The predicted molar refractivity (Wildman–Crippen MR) is 76.2 cm³/mol. The molecule has 2 heteroatoms. The van der Waals surface area contributed by atoms with Gasteiger partial charge in [0.25, 0.3) is 0 Å². The summed E-state index contributed by atoms with van der Waals surface area (Å²) in [7, 11) is 0. The molecule has 1 aliphatic rings. The first-order valence-electron chi connectivity index (χ1n) is 7.11. The Morgan fingerprint density at radius 3 is 2.72 bits per heavy atom. The van der Waals surface area contributed by atoms with E-state index in [0.29, 0.717) is 12.0 Å². The fourth-order valence-electron chi connectivity index (χ4n) is 2.78. The summed E-state index contributed by atoms with van der Waals surface area (Å²) in [5.74, 6) is 2.32. The van der Waals surface area contributed by atoms with E-state index in [2.05, 4.69) is 44.3 Å². The van der Waals surface area contributed by atoms with Crippen LogP contribution in [-0.2, 0) is 0 Å². The van der Waals surface area contributed by atoms with Gasteiger partial charge in [-0.15, -0.1) is 0 Å². The highest BCUT2D eigenvalue weighted by molar-refractivity contribution is 5.39. The second kappa shape index (κ2) is 5.75. The molecule has 1 fully saturated rings. The second-order valence-corrected chi connectivity index (χ2v) is 5.68. The van der Waals surface area contributed by atoms with E-state index in [0.717, 1.165) is 24.8 Å². The van der Waals surface area contributed by atoms with Crippen LogP contribution >= 0.6 is 0 Å². The minimum atomic E-state index is 0.521. The minimum Gasteiger partial charge on any atom is -0.494 e. The SMILES string of the molecule is CCOc1ccc(C2CC(C)CN2)c(C(C)C)c1. The quantitative estimate of drug-likeness (QED) is 0.872. The minimum absolute atomic E-state index is 0.521. The summed E-state index contributed by atoms with van der Waals surface area (Å²) < 4.78 is 5.62. The first-order valence-corrected chi connectivity index (χ1v) is 7.11. The Labute approximate surface area is 111 Å². The Morgan fingerprint density at radius 2 is 2.17 bits per heavy atom. The number of benzene rings is 1. The molecule has 2 rings (SSSR count). The monoisotopic (exact) mass is 247 g/mol. The van der Waals surface area contributed by atoms with Crippen molar-refractivity contribution in [3.8, 4) is 5.75 Å². The van der Waals surface area contributed by atoms with Crippen LogP contribution in [0.1, 0.15) is 57.2 Å². The molecule has 1 aromatic rings. The zero-order valence-electron chi connectivity index (χ0n) is 12.0. The van der Waals surface area contributed by atoms with Crippen molar-refractivity contribution < 1.29 is 4.74 Å². The molecule has 100 valence electrons. The number of rotatable bonds is 4. The normalized spacial score (nSPS) is 23.6. The molecule has 0 aliphatic carbocycles. The van der Waals surface area contributed by atoms with Gasteiger partial charge in [-0.05, 0) is 55.0 Å². The molecule has 1 saturated heterocycles. The van der Waals surface area contributed by atoms with Gasteiger partial charge in [0.05, 0.1) is 6.61 Å². The highest BCUT2D eigenvalue weighted by Crippen LogP contribution is 2.34. The molecule has 2 atom stereocenters. The van der Waals surface area contributed by atoms with Gasteiger partial charge >= 0.3 is 0 Å². The standard InChI is InChI=1S/C16H25NO/c1-5-18-13-6-7-14(15(9-13)11(2)3)16-8-12(4)10-17-16/h6-7,9,11-12,16-17H,5,8,10H2,1-4H3. The molecule has 0 saturated carbocycles. The topological polar surface area (TPSA) is 21.3 Å². The summed E-state index contributed by atoms with van der Waals surface area (Å²) in [6.07, 6.45) is 1.24. The highest BCUT2D eigenvalue weighted by Gasteiger charge is 2.24. The fraction of sp³-hybridized carbons (Fsp3) is 0.625. The van der Waals surface area contributed by atoms with Crippen LogP contribution in [0.4, 0.5) is 0 Å². The van der Waals surface area contributed by atoms with Crippen LogP contribution < -0.4 is 10.1 Å². The highest BCUT2D eigenvalue weighted by atomic mass is 16.5. The van der Waals surface area contributed by atoms with Crippen molar-refractivity contribution in [3.63, 3.8) is 0 Å². The lowest BCUT2D eigenvalue weighted by Crippen LogP contribution is -2.15. The molecular weight excluding hydrogens is 222 g/mol. The third kappa shape index (κ3) is 2.86. The first kappa shape index (κ1) is 13.4. The molecule has 18 heavy (non-hydrogen) atoms. The molecule has 0 radical (unpaired) electrons. The molecule has 0 bridgehead atoms. The van der Waals surface area contributed by atoms with Gasteiger partial charge in [0.2, 0.25) is 0 Å². The van der Waals surface area contributed by atoms with Crippen molar-refractivity contribution in [2.75, 3.05) is 13.2 Å². The molecule has 1 heterocycles. The first-order chi connectivity index (χ1) is 8.61. The summed E-state index contributed by atoms with van der Waals surface area (Å²) in [5, 5.41) is 3.63. The van der Waals surface area contributed by atoms with E-state index in [1.165, 1.54) is 17.5 Å². The van der Waals surface area contributed by atoms with E-state index in [4.69, 9.17) is 4.74 Å². The van der Waals surface area contributed by atoms with E-state index in [9.17, 15) is 0 Å². The number of nitrogens with one attached hydrogen (secondary N) is 1. The zero-order chi connectivity index (χ0) is 13.1. The maximum Gasteiger partial charge on any atom is 0.119 e. The van der Waals surface area contributed by atoms with E-state index in [1.54, 1.807) is 0 Å². The van der Waals surface area contributed by atoms with Crippen LogP contribution in [0.25, 0.3) is 0 Å².